The molecule has 6 heteroatoms. The molecule has 3 fully saturated rings. The molecule has 0 unspecified atom stereocenters. The first-order chi connectivity index (χ1) is 19.5. The quantitative estimate of drug-likeness (QED) is 0.409. The molecule has 0 aromatic heterocycles. The summed E-state index contributed by atoms with van der Waals surface area (Å²) in [6, 6.07) is 7.27. The molecular weight excluding hydrogens is 502 g/mol. The second-order valence-corrected chi connectivity index (χ2v) is 12.5. The molecule has 1 aromatic rings. The normalized spacial score (nSPS) is 33.4. The summed E-state index contributed by atoms with van der Waals surface area (Å²) in [4.78, 5) is 27.4. The number of hydrogen-bond acceptors (Lipinski definition) is 6. The Bertz CT molecular complexity index is 1380. The highest BCUT2D eigenvalue weighted by molar-refractivity contribution is 6.06. The number of phenols is 1. The number of unbranched alkanes of at least 4 members (excludes halogenated alkanes) is 1. The number of carbonyl (C=O) groups is 2. The number of ether oxygens (including phenoxy) is 2. The highest BCUT2D eigenvalue weighted by Crippen LogP contribution is 2.71. The van der Waals surface area contributed by atoms with Crippen LogP contribution in [0, 0.1) is 29.1 Å². The van der Waals surface area contributed by atoms with E-state index in [9.17, 15) is 14.7 Å². The molecule has 4 atom stereocenters. The minimum absolute atomic E-state index is 0.122. The molecule has 1 saturated carbocycles. The maximum Gasteiger partial charge on any atom is 0.340 e. The number of carbonyl (C=O) groups excluding carboxylic acids is 2. The summed E-state index contributed by atoms with van der Waals surface area (Å²) in [6.45, 7) is 4.30. The molecule has 3 aliphatic heterocycles. The van der Waals surface area contributed by atoms with Gasteiger partial charge in [-0.15, -0.1) is 0 Å². The molecule has 4 aliphatic carbocycles. The van der Waals surface area contributed by atoms with Gasteiger partial charge in [0.25, 0.3) is 0 Å². The van der Waals surface area contributed by atoms with E-state index in [1.54, 1.807) is 12.1 Å². The maximum absolute atomic E-state index is 13.7. The maximum atomic E-state index is 13.7. The van der Waals surface area contributed by atoms with Crippen molar-refractivity contribution in [1.29, 1.82) is 0 Å². The van der Waals surface area contributed by atoms with E-state index in [4.69, 9.17) is 9.47 Å². The third-order valence-corrected chi connectivity index (χ3v) is 10.5. The standard InChI is InChI=1S/C34H39NO5/c1-2-3-10-27-34-16-13-23(28(31(34)33(38)40-27)21-7-5-8-22(36)19-21)24-11-12-25-26(39-32(37)29(25)30(24)34)9-4-6-20-14-17-35-18-15-20/h5,7-10,19-20,23-24,30,35-36H,2-4,6,11-18H2,1H3/b26-9?,27-10-/t23-,24+,30-,34-/m1/s1. The lowest BCUT2D eigenvalue weighted by molar-refractivity contribution is -0.135. The first kappa shape index (κ1) is 25.8. The average Bonchev–Trinajstić information content (AvgIpc) is 3.45. The SMILES string of the molecule is CCC/C=C1\OC(=O)C2=C(c3cccc(O)c3)[C@@H]3CC[C@@]21[C@H]1C2=C(CC[C@@H]31)C(=CCCC1CCNCC1)OC2=O. The second-order valence-electron chi connectivity index (χ2n) is 12.5. The van der Waals surface area contributed by atoms with Crippen molar-refractivity contribution in [3.8, 4) is 5.75 Å². The highest BCUT2D eigenvalue weighted by Gasteiger charge is 2.68. The number of benzene rings is 1. The van der Waals surface area contributed by atoms with Crippen LogP contribution in [0.3, 0.4) is 0 Å². The van der Waals surface area contributed by atoms with Crippen molar-refractivity contribution >= 4 is 17.5 Å². The summed E-state index contributed by atoms with van der Waals surface area (Å²) in [6.07, 6.45) is 14.0. The van der Waals surface area contributed by atoms with Crippen LogP contribution < -0.4 is 5.32 Å². The summed E-state index contributed by atoms with van der Waals surface area (Å²) in [5, 5.41) is 13.8. The summed E-state index contributed by atoms with van der Waals surface area (Å²) in [5.41, 5.74) is 3.82. The minimum atomic E-state index is -0.656. The molecule has 1 spiro atoms. The molecular formula is C34H39NO5. The summed E-state index contributed by atoms with van der Waals surface area (Å²) < 4.78 is 12.1. The number of aromatic hydroxyl groups is 1. The number of allylic oxidation sites excluding steroid dienone is 5. The Morgan fingerprint density at radius 3 is 2.67 bits per heavy atom. The molecule has 3 heterocycles. The largest absolute Gasteiger partial charge is 0.508 e. The number of nitrogens with one attached hydrogen (secondary N) is 1. The van der Waals surface area contributed by atoms with Crippen LogP contribution in [0.25, 0.3) is 5.57 Å². The highest BCUT2D eigenvalue weighted by atomic mass is 16.5. The van der Waals surface area contributed by atoms with Gasteiger partial charge >= 0.3 is 11.9 Å². The molecule has 6 nitrogen and oxygen atoms in total. The fraction of sp³-hybridized carbons (Fsp3) is 0.529. The monoisotopic (exact) mass is 541 g/mol. The smallest absolute Gasteiger partial charge is 0.340 e. The molecule has 0 radical (unpaired) electrons. The molecule has 40 heavy (non-hydrogen) atoms. The lowest BCUT2D eigenvalue weighted by Crippen LogP contribution is -2.52. The van der Waals surface area contributed by atoms with Crippen molar-refractivity contribution in [2.75, 3.05) is 13.1 Å². The van der Waals surface area contributed by atoms with Gasteiger partial charge in [0, 0.05) is 17.1 Å². The number of phenolic OH excluding ortho intramolecular Hbond substituents is 1. The van der Waals surface area contributed by atoms with Crippen LogP contribution >= 0.6 is 0 Å². The van der Waals surface area contributed by atoms with E-state index < -0.39 is 5.41 Å². The summed E-state index contributed by atoms with van der Waals surface area (Å²) >= 11 is 0. The van der Waals surface area contributed by atoms with E-state index in [2.05, 4.69) is 24.4 Å². The summed E-state index contributed by atoms with van der Waals surface area (Å²) in [5.74, 6) is 2.11. The van der Waals surface area contributed by atoms with Gasteiger partial charge in [-0.05, 0) is 124 Å². The third-order valence-electron chi connectivity index (χ3n) is 10.5. The molecule has 7 aliphatic rings. The van der Waals surface area contributed by atoms with Crippen molar-refractivity contribution in [2.24, 2.45) is 29.1 Å². The van der Waals surface area contributed by atoms with Crippen LogP contribution in [0.5, 0.6) is 5.75 Å². The first-order valence-electron chi connectivity index (χ1n) is 15.4. The van der Waals surface area contributed by atoms with Crippen molar-refractivity contribution in [3.05, 3.63) is 70.2 Å². The van der Waals surface area contributed by atoms with Crippen LogP contribution in [-0.4, -0.2) is 30.1 Å². The number of cyclic esters (lactones) is 2. The Balaban J connectivity index is 1.33. The van der Waals surface area contributed by atoms with Gasteiger partial charge < -0.3 is 19.9 Å². The number of piperidine rings is 1. The van der Waals surface area contributed by atoms with E-state index in [0.717, 1.165) is 104 Å². The van der Waals surface area contributed by atoms with Crippen LogP contribution in [0.4, 0.5) is 0 Å². The summed E-state index contributed by atoms with van der Waals surface area (Å²) in [7, 11) is 0. The van der Waals surface area contributed by atoms with Gasteiger partial charge in [-0.2, -0.15) is 0 Å². The van der Waals surface area contributed by atoms with Gasteiger partial charge in [0.05, 0.1) is 11.0 Å². The van der Waals surface area contributed by atoms with Gasteiger partial charge in [-0.1, -0.05) is 25.5 Å². The van der Waals surface area contributed by atoms with Crippen LogP contribution in [-0.2, 0) is 19.1 Å². The Morgan fingerprint density at radius 2 is 1.88 bits per heavy atom. The molecule has 1 aromatic carbocycles. The van der Waals surface area contributed by atoms with Crippen molar-refractivity contribution < 1.29 is 24.2 Å². The number of fused-ring (bicyclic) bond motifs is 1. The number of esters is 2. The number of rotatable bonds is 6. The Labute approximate surface area is 236 Å². The fourth-order valence-corrected chi connectivity index (χ4v) is 8.85. The van der Waals surface area contributed by atoms with Crippen molar-refractivity contribution in [2.45, 2.75) is 71.1 Å². The zero-order valence-corrected chi connectivity index (χ0v) is 23.3. The molecule has 2 N–H and O–H groups in total. The number of hydrogen-bond donors (Lipinski definition) is 2. The zero-order chi connectivity index (χ0) is 27.4. The van der Waals surface area contributed by atoms with Crippen LogP contribution in [0.15, 0.2) is 64.7 Å². The van der Waals surface area contributed by atoms with Gasteiger partial charge in [-0.25, -0.2) is 9.59 Å². The lowest BCUT2D eigenvalue weighted by atomic mass is 9.44. The minimum Gasteiger partial charge on any atom is -0.508 e. The molecule has 2 saturated heterocycles. The predicted octanol–water partition coefficient (Wildman–Crippen LogP) is 6.34. The van der Waals surface area contributed by atoms with Crippen LogP contribution in [0.2, 0.25) is 0 Å². The van der Waals surface area contributed by atoms with E-state index in [0.29, 0.717) is 5.57 Å². The van der Waals surface area contributed by atoms with Gasteiger partial charge in [0.1, 0.15) is 17.3 Å². The lowest BCUT2D eigenvalue weighted by Gasteiger charge is -2.56. The molecule has 8 rings (SSSR count). The van der Waals surface area contributed by atoms with Crippen molar-refractivity contribution in [1.82, 2.24) is 5.32 Å². The van der Waals surface area contributed by atoms with Crippen molar-refractivity contribution in [3.63, 3.8) is 0 Å². The van der Waals surface area contributed by atoms with E-state index in [1.165, 1.54) is 12.8 Å². The molecule has 2 bridgehead atoms. The fourth-order valence-electron chi connectivity index (χ4n) is 8.85. The molecule has 0 amide bonds. The zero-order valence-electron chi connectivity index (χ0n) is 23.3. The van der Waals surface area contributed by atoms with E-state index in [-0.39, 0.29) is 35.4 Å². The predicted molar refractivity (Wildman–Crippen MR) is 152 cm³/mol. The second kappa shape index (κ2) is 10.1. The Hall–Kier alpha value is -3.12. The van der Waals surface area contributed by atoms with Gasteiger partial charge in [0.2, 0.25) is 0 Å². The Kier molecular flexibility index (Phi) is 6.49. The first-order valence-corrected chi connectivity index (χ1v) is 15.4. The average molecular weight is 542 g/mol. The van der Waals surface area contributed by atoms with Crippen LogP contribution in [0.1, 0.15) is 76.7 Å². The topological polar surface area (TPSA) is 84.9 Å². The van der Waals surface area contributed by atoms with Gasteiger partial charge in [-0.3, -0.25) is 0 Å². The van der Waals surface area contributed by atoms with E-state index >= 15 is 0 Å². The van der Waals surface area contributed by atoms with E-state index in [1.807, 2.05) is 12.1 Å². The third kappa shape index (κ3) is 3.86. The Morgan fingerprint density at radius 1 is 1.02 bits per heavy atom. The molecule has 210 valence electrons. The van der Waals surface area contributed by atoms with Gasteiger partial charge in [0.15, 0.2) is 0 Å².